The van der Waals surface area contributed by atoms with Crippen molar-refractivity contribution in [2.45, 2.75) is 76.4 Å². The Balaban J connectivity index is 2.05. The monoisotopic (exact) mass is 374 g/mol. The van der Waals surface area contributed by atoms with E-state index in [0.717, 1.165) is 32.1 Å². The third-order valence-electron chi connectivity index (χ3n) is 5.23. The minimum absolute atomic E-state index is 0.0343. The Morgan fingerprint density at radius 2 is 1.84 bits per heavy atom. The fraction of sp³-hybridized carbons (Fsp3) is 0.882. The van der Waals surface area contributed by atoms with Gasteiger partial charge in [0.25, 0.3) is 0 Å². The first-order valence-electron chi connectivity index (χ1n) is 9.32. The molecule has 2 rings (SSSR count). The van der Waals surface area contributed by atoms with Crippen molar-refractivity contribution in [1.82, 2.24) is 10.2 Å². The maximum atomic E-state index is 12.8. The van der Waals surface area contributed by atoms with Gasteiger partial charge in [-0.3, -0.25) is 14.9 Å². The second kappa shape index (κ2) is 8.98. The maximum absolute atomic E-state index is 12.8. The first-order chi connectivity index (χ1) is 11.8. The highest BCUT2D eigenvalue weighted by atomic mass is 32.2. The number of carboxylic acids is 1. The van der Waals surface area contributed by atoms with Gasteiger partial charge in [0.15, 0.2) is 9.84 Å². The first kappa shape index (κ1) is 20.2. The molecule has 1 aliphatic carbocycles. The molecular weight excluding hydrogens is 344 g/mol. The van der Waals surface area contributed by atoms with Gasteiger partial charge in [-0.25, -0.2) is 8.42 Å². The summed E-state index contributed by atoms with van der Waals surface area (Å²) in [4.78, 5) is 25.9. The van der Waals surface area contributed by atoms with E-state index in [4.69, 9.17) is 0 Å². The highest BCUT2D eigenvalue weighted by Crippen LogP contribution is 2.28. The van der Waals surface area contributed by atoms with Crippen molar-refractivity contribution in [1.29, 1.82) is 0 Å². The predicted molar refractivity (Wildman–Crippen MR) is 95.1 cm³/mol. The van der Waals surface area contributed by atoms with E-state index in [2.05, 4.69) is 5.32 Å². The number of hydrogen-bond donors (Lipinski definition) is 2. The Hall–Kier alpha value is -1.15. The molecule has 25 heavy (non-hydrogen) atoms. The summed E-state index contributed by atoms with van der Waals surface area (Å²) in [6.07, 6.45) is 6.72. The summed E-state index contributed by atoms with van der Waals surface area (Å²) in [5.41, 5.74) is 0. The van der Waals surface area contributed by atoms with Crippen molar-refractivity contribution >= 4 is 21.7 Å². The molecule has 0 aromatic carbocycles. The number of carbonyl (C=O) groups is 2. The second-order valence-corrected chi connectivity index (χ2v) is 9.44. The van der Waals surface area contributed by atoms with Gasteiger partial charge in [-0.05, 0) is 25.7 Å². The number of hydrogen-bond acceptors (Lipinski definition) is 5. The maximum Gasteiger partial charge on any atom is 0.320 e. The number of carbonyl (C=O) groups excluding carboxylic acids is 1. The summed E-state index contributed by atoms with van der Waals surface area (Å²) in [5, 5.41) is 12.1. The van der Waals surface area contributed by atoms with Gasteiger partial charge in [0.05, 0.1) is 18.1 Å². The lowest BCUT2D eigenvalue weighted by Gasteiger charge is -2.38. The van der Waals surface area contributed by atoms with Crippen molar-refractivity contribution in [3.8, 4) is 0 Å². The van der Waals surface area contributed by atoms with Gasteiger partial charge in [-0.1, -0.05) is 32.6 Å². The van der Waals surface area contributed by atoms with Gasteiger partial charge in [-0.2, -0.15) is 0 Å². The summed E-state index contributed by atoms with van der Waals surface area (Å²) in [7, 11) is -3.07. The Labute approximate surface area is 150 Å². The molecule has 2 N–H and O–H groups in total. The largest absolute Gasteiger partial charge is 0.480 e. The van der Waals surface area contributed by atoms with Crippen LogP contribution in [0.25, 0.3) is 0 Å². The molecule has 1 amide bonds. The van der Waals surface area contributed by atoms with Crippen LogP contribution in [0.4, 0.5) is 0 Å². The van der Waals surface area contributed by atoms with Crippen molar-refractivity contribution in [3.05, 3.63) is 0 Å². The number of nitrogens with one attached hydrogen (secondary N) is 1. The van der Waals surface area contributed by atoms with Crippen LogP contribution in [0.2, 0.25) is 0 Å². The minimum Gasteiger partial charge on any atom is -0.480 e. The van der Waals surface area contributed by atoms with Gasteiger partial charge in [-0.15, -0.1) is 0 Å². The highest BCUT2D eigenvalue weighted by Gasteiger charge is 2.38. The fourth-order valence-electron chi connectivity index (χ4n) is 3.96. The zero-order chi connectivity index (χ0) is 18.4. The minimum atomic E-state index is -3.07. The summed E-state index contributed by atoms with van der Waals surface area (Å²) in [6, 6.07) is -0.929. The third kappa shape index (κ3) is 5.67. The second-order valence-electron chi connectivity index (χ2n) is 7.21. The number of nitrogens with zero attached hydrogens (tertiary/aromatic N) is 1. The van der Waals surface area contributed by atoms with Crippen LogP contribution >= 0.6 is 0 Å². The molecule has 2 aliphatic rings. The molecule has 1 heterocycles. The molecule has 0 aromatic rings. The zero-order valence-electron chi connectivity index (χ0n) is 14.9. The topological polar surface area (TPSA) is 104 Å². The standard InChI is InChI=1S/C17H30N2O5S/c1-2-6-15(17(21)22)18-11-16(20)19(13-7-4-3-5-8-13)14-9-10-25(23,24)12-14/h13-15,18H,2-12H2,1H3,(H,21,22). The molecular formula is C17H30N2O5S. The van der Waals surface area contributed by atoms with E-state index >= 15 is 0 Å². The number of carboxylic acid groups (broad SMARTS) is 1. The molecule has 1 saturated carbocycles. The molecule has 144 valence electrons. The van der Waals surface area contributed by atoms with Crippen LogP contribution in [0.3, 0.4) is 0 Å². The van der Waals surface area contributed by atoms with Crippen molar-refractivity contribution in [3.63, 3.8) is 0 Å². The van der Waals surface area contributed by atoms with Crippen LogP contribution in [0.15, 0.2) is 0 Å². The fourth-order valence-corrected chi connectivity index (χ4v) is 5.67. The lowest BCUT2D eigenvalue weighted by molar-refractivity contribution is -0.140. The van der Waals surface area contributed by atoms with Gasteiger partial charge < -0.3 is 10.0 Å². The Kier molecular flexibility index (Phi) is 7.25. The molecule has 7 nitrogen and oxygen atoms in total. The number of rotatable bonds is 8. The molecule has 2 fully saturated rings. The molecule has 0 aromatic heterocycles. The van der Waals surface area contributed by atoms with Crippen LogP contribution in [-0.4, -0.2) is 66.5 Å². The number of aliphatic carboxylic acids is 1. The van der Waals surface area contributed by atoms with Gasteiger partial charge in [0.1, 0.15) is 6.04 Å². The van der Waals surface area contributed by atoms with E-state index < -0.39 is 21.8 Å². The van der Waals surface area contributed by atoms with Crippen LogP contribution in [-0.2, 0) is 19.4 Å². The normalized spacial score (nSPS) is 24.8. The third-order valence-corrected chi connectivity index (χ3v) is 6.98. The van der Waals surface area contributed by atoms with Gasteiger partial charge in [0.2, 0.25) is 5.91 Å². The van der Waals surface area contributed by atoms with Crippen molar-refractivity contribution < 1.29 is 23.1 Å². The van der Waals surface area contributed by atoms with Gasteiger partial charge >= 0.3 is 5.97 Å². The number of sulfone groups is 1. The van der Waals surface area contributed by atoms with Crippen molar-refractivity contribution in [2.24, 2.45) is 0 Å². The molecule has 2 atom stereocenters. The smallest absolute Gasteiger partial charge is 0.320 e. The molecule has 1 saturated heterocycles. The molecule has 8 heteroatoms. The van der Waals surface area contributed by atoms with Crippen LogP contribution in [0.5, 0.6) is 0 Å². The van der Waals surface area contributed by atoms with E-state index in [1.165, 1.54) is 0 Å². The number of amides is 1. The van der Waals surface area contributed by atoms with E-state index in [-0.39, 0.29) is 36.0 Å². The first-order valence-corrected chi connectivity index (χ1v) is 11.1. The van der Waals surface area contributed by atoms with Crippen molar-refractivity contribution in [2.75, 3.05) is 18.1 Å². The SMILES string of the molecule is CCCC(NCC(=O)N(C1CCCCC1)C1CCS(=O)(=O)C1)C(=O)O. The van der Waals surface area contributed by atoms with E-state index in [1.54, 1.807) is 4.90 Å². The van der Waals surface area contributed by atoms with E-state index in [0.29, 0.717) is 19.3 Å². The Bertz CT molecular complexity index is 572. The molecule has 2 unspecified atom stereocenters. The van der Waals surface area contributed by atoms with Crippen LogP contribution < -0.4 is 5.32 Å². The lowest BCUT2D eigenvalue weighted by atomic mass is 9.93. The molecule has 0 bridgehead atoms. The Morgan fingerprint density at radius 3 is 2.36 bits per heavy atom. The van der Waals surface area contributed by atoms with Crippen LogP contribution in [0, 0.1) is 0 Å². The zero-order valence-corrected chi connectivity index (χ0v) is 15.8. The Morgan fingerprint density at radius 1 is 1.16 bits per heavy atom. The quantitative estimate of drug-likeness (QED) is 0.661. The molecule has 0 radical (unpaired) electrons. The predicted octanol–water partition coefficient (Wildman–Crippen LogP) is 1.18. The summed E-state index contributed by atoms with van der Waals surface area (Å²) in [5.74, 6) is -0.958. The average molecular weight is 375 g/mol. The molecule has 0 spiro atoms. The van der Waals surface area contributed by atoms with Crippen LogP contribution in [0.1, 0.15) is 58.3 Å². The summed E-state index contributed by atoms with van der Waals surface area (Å²) >= 11 is 0. The van der Waals surface area contributed by atoms with E-state index in [1.807, 2.05) is 6.92 Å². The molecule has 1 aliphatic heterocycles. The van der Waals surface area contributed by atoms with E-state index in [9.17, 15) is 23.1 Å². The lowest BCUT2D eigenvalue weighted by Crippen LogP contribution is -2.53. The summed E-state index contributed by atoms with van der Waals surface area (Å²) < 4.78 is 23.7. The highest BCUT2D eigenvalue weighted by molar-refractivity contribution is 7.91. The average Bonchev–Trinajstić information content (AvgIpc) is 2.92. The van der Waals surface area contributed by atoms with Gasteiger partial charge in [0, 0.05) is 12.1 Å². The summed E-state index contributed by atoms with van der Waals surface area (Å²) in [6.45, 7) is 1.85.